The van der Waals surface area contributed by atoms with E-state index in [1.165, 1.54) is 17.3 Å². The number of carbonyl (C=O) groups excluding carboxylic acids is 1. The Morgan fingerprint density at radius 1 is 1.25 bits per heavy atom. The summed E-state index contributed by atoms with van der Waals surface area (Å²) < 4.78 is 5.73. The number of hydrogen-bond donors (Lipinski definition) is 0. The fraction of sp³-hybridized carbons (Fsp3) is 0.263. The summed E-state index contributed by atoms with van der Waals surface area (Å²) in [6, 6.07) is 15.9. The Bertz CT molecular complexity index is 872. The first-order chi connectivity index (χ1) is 11.6. The summed E-state index contributed by atoms with van der Waals surface area (Å²) in [5.41, 5.74) is 3.83. The van der Waals surface area contributed by atoms with Crippen LogP contribution in [0.15, 0.2) is 58.2 Å². The minimum absolute atomic E-state index is 0.0970. The highest BCUT2D eigenvalue weighted by Crippen LogP contribution is 2.35. The van der Waals surface area contributed by atoms with Crippen LogP contribution >= 0.6 is 11.8 Å². The van der Waals surface area contributed by atoms with Gasteiger partial charge in [0.2, 0.25) is 5.91 Å². The van der Waals surface area contributed by atoms with Crippen molar-refractivity contribution in [3.05, 3.63) is 54.1 Å². The van der Waals surface area contributed by atoms with Gasteiger partial charge in [-0.2, -0.15) is 0 Å². The van der Waals surface area contributed by atoms with Crippen LogP contribution in [0.5, 0.6) is 0 Å². The van der Waals surface area contributed by atoms with E-state index in [-0.39, 0.29) is 17.2 Å². The molecule has 0 N–H and O–H groups in total. The average Bonchev–Trinajstić information content (AvgIpc) is 3.13. The Kier molecular flexibility index (Phi) is 3.81. The molecule has 1 aliphatic rings. The van der Waals surface area contributed by atoms with Crippen molar-refractivity contribution in [2.45, 2.75) is 36.8 Å². The van der Waals surface area contributed by atoms with Gasteiger partial charge in [-0.15, -0.1) is 0 Å². The van der Waals surface area contributed by atoms with Gasteiger partial charge in [0.1, 0.15) is 5.52 Å². The zero-order chi connectivity index (χ0) is 16.7. The standard InChI is InChI=1S/C19H18N2O2S/c1-12-11-14-7-3-5-9-16(14)21(12)18(22)13(2)24-19-20-15-8-4-6-10-17(15)23-19/h3-10,12-13H,11H2,1-2H3/t12-,13+/m1/s1. The third-order valence-electron chi connectivity index (χ3n) is 4.34. The number of carbonyl (C=O) groups is 1. The normalized spacial score (nSPS) is 17.9. The maximum Gasteiger partial charge on any atom is 0.257 e. The Labute approximate surface area is 144 Å². The van der Waals surface area contributed by atoms with E-state index in [2.05, 4.69) is 18.0 Å². The quantitative estimate of drug-likeness (QED) is 0.669. The molecule has 24 heavy (non-hydrogen) atoms. The molecule has 2 heterocycles. The van der Waals surface area contributed by atoms with Crippen molar-refractivity contribution in [3.8, 4) is 0 Å². The molecule has 0 radical (unpaired) electrons. The number of nitrogens with zero attached hydrogens (tertiary/aromatic N) is 2. The number of hydrogen-bond acceptors (Lipinski definition) is 4. The molecule has 5 heteroatoms. The number of benzene rings is 2. The van der Waals surface area contributed by atoms with E-state index in [1.807, 2.05) is 54.3 Å². The van der Waals surface area contributed by atoms with Gasteiger partial charge in [-0.3, -0.25) is 4.79 Å². The van der Waals surface area contributed by atoms with Gasteiger partial charge in [-0.1, -0.05) is 42.1 Å². The van der Waals surface area contributed by atoms with Crippen LogP contribution in [0.3, 0.4) is 0 Å². The third kappa shape index (κ3) is 2.59. The molecule has 3 aromatic rings. The second-order valence-electron chi connectivity index (χ2n) is 6.10. The summed E-state index contributed by atoms with van der Waals surface area (Å²) in [5, 5.41) is 0.281. The zero-order valence-corrected chi connectivity index (χ0v) is 14.4. The van der Waals surface area contributed by atoms with Crippen LogP contribution in [0.25, 0.3) is 11.1 Å². The summed E-state index contributed by atoms with van der Waals surface area (Å²) in [5.74, 6) is 0.0970. The van der Waals surface area contributed by atoms with Crippen LogP contribution in [-0.4, -0.2) is 22.2 Å². The molecule has 0 bridgehead atoms. The predicted molar refractivity (Wildman–Crippen MR) is 96.4 cm³/mol. The van der Waals surface area contributed by atoms with E-state index < -0.39 is 0 Å². The van der Waals surface area contributed by atoms with Crippen LogP contribution in [0.2, 0.25) is 0 Å². The molecular formula is C19H18N2O2S. The largest absolute Gasteiger partial charge is 0.431 e. The van der Waals surface area contributed by atoms with Crippen molar-refractivity contribution in [1.29, 1.82) is 0 Å². The van der Waals surface area contributed by atoms with E-state index in [9.17, 15) is 4.79 Å². The van der Waals surface area contributed by atoms with Crippen molar-refractivity contribution >= 4 is 34.5 Å². The van der Waals surface area contributed by atoms with E-state index in [1.54, 1.807) is 0 Å². The van der Waals surface area contributed by atoms with Crippen LogP contribution < -0.4 is 4.90 Å². The molecule has 0 spiro atoms. The summed E-state index contributed by atoms with van der Waals surface area (Å²) in [6.45, 7) is 4.00. The molecule has 4 nitrogen and oxygen atoms in total. The number of aromatic nitrogens is 1. The Hall–Kier alpha value is -2.27. The van der Waals surface area contributed by atoms with Crippen LogP contribution in [-0.2, 0) is 11.2 Å². The second-order valence-corrected chi connectivity index (χ2v) is 7.39. The minimum atomic E-state index is -0.258. The lowest BCUT2D eigenvalue weighted by atomic mass is 10.1. The van der Waals surface area contributed by atoms with Gasteiger partial charge in [0, 0.05) is 11.7 Å². The first-order valence-electron chi connectivity index (χ1n) is 8.06. The smallest absolute Gasteiger partial charge is 0.257 e. The Morgan fingerprint density at radius 2 is 2.00 bits per heavy atom. The highest BCUT2D eigenvalue weighted by atomic mass is 32.2. The van der Waals surface area contributed by atoms with Gasteiger partial charge >= 0.3 is 0 Å². The molecule has 0 fully saturated rings. The lowest BCUT2D eigenvalue weighted by molar-refractivity contribution is -0.118. The number of rotatable bonds is 3. The number of fused-ring (bicyclic) bond motifs is 2. The topological polar surface area (TPSA) is 46.3 Å². The van der Waals surface area contributed by atoms with E-state index in [0.717, 1.165) is 23.2 Å². The highest BCUT2D eigenvalue weighted by Gasteiger charge is 2.33. The minimum Gasteiger partial charge on any atom is -0.431 e. The molecule has 2 aromatic carbocycles. The van der Waals surface area contributed by atoms with E-state index in [0.29, 0.717) is 5.22 Å². The molecule has 122 valence electrons. The van der Waals surface area contributed by atoms with Crippen LogP contribution in [0.4, 0.5) is 5.69 Å². The van der Waals surface area contributed by atoms with Gasteiger partial charge in [0.05, 0.1) is 5.25 Å². The first kappa shape index (κ1) is 15.3. The van der Waals surface area contributed by atoms with Crippen LogP contribution in [0.1, 0.15) is 19.4 Å². The zero-order valence-electron chi connectivity index (χ0n) is 13.6. The first-order valence-corrected chi connectivity index (χ1v) is 8.94. The summed E-state index contributed by atoms with van der Waals surface area (Å²) in [7, 11) is 0. The molecule has 1 aliphatic heterocycles. The van der Waals surface area contributed by atoms with Gasteiger partial charge in [-0.05, 0) is 44.0 Å². The molecule has 1 aromatic heterocycles. The number of para-hydroxylation sites is 3. The summed E-state index contributed by atoms with van der Waals surface area (Å²) >= 11 is 1.37. The molecule has 1 amide bonds. The van der Waals surface area contributed by atoms with Crippen molar-refractivity contribution in [1.82, 2.24) is 4.98 Å². The predicted octanol–water partition coefficient (Wildman–Crippen LogP) is 4.29. The number of amides is 1. The van der Waals surface area contributed by atoms with E-state index in [4.69, 9.17) is 4.42 Å². The van der Waals surface area contributed by atoms with Gasteiger partial charge in [0.25, 0.3) is 5.22 Å². The maximum atomic E-state index is 13.0. The van der Waals surface area contributed by atoms with Crippen molar-refractivity contribution in [2.24, 2.45) is 0 Å². The second kappa shape index (κ2) is 5.98. The molecule has 0 saturated carbocycles. The van der Waals surface area contributed by atoms with Gasteiger partial charge in [-0.25, -0.2) is 4.98 Å². The molecule has 2 atom stereocenters. The lowest BCUT2D eigenvalue weighted by Gasteiger charge is -2.25. The fourth-order valence-electron chi connectivity index (χ4n) is 3.20. The molecule has 0 unspecified atom stereocenters. The van der Waals surface area contributed by atoms with Crippen LogP contribution in [0, 0.1) is 0 Å². The van der Waals surface area contributed by atoms with E-state index >= 15 is 0 Å². The molecule has 0 saturated heterocycles. The van der Waals surface area contributed by atoms with Gasteiger partial charge < -0.3 is 9.32 Å². The average molecular weight is 338 g/mol. The molecule has 0 aliphatic carbocycles. The fourth-order valence-corrected chi connectivity index (χ4v) is 4.01. The molecule has 4 rings (SSSR count). The number of oxazole rings is 1. The Balaban J connectivity index is 1.56. The molecular weight excluding hydrogens is 320 g/mol. The van der Waals surface area contributed by atoms with Crippen molar-refractivity contribution in [2.75, 3.05) is 4.90 Å². The monoisotopic (exact) mass is 338 g/mol. The van der Waals surface area contributed by atoms with Crippen molar-refractivity contribution < 1.29 is 9.21 Å². The lowest BCUT2D eigenvalue weighted by Crippen LogP contribution is -2.40. The third-order valence-corrected chi connectivity index (χ3v) is 5.28. The maximum absolute atomic E-state index is 13.0. The Morgan fingerprint density at radius 3 is 2.83 bits per heavy atom. The summed E-state index contributed by atoms with van der Waals surface area (Å²) in [6.07, 6.45) is 0.905. The highest BCUT2D eigenvalue weighted by molar-refractivity contribution is 8.00. The number of anilines is 1. The SMILES string of the molecule is C[C@H](Sc1nc2ccccc2o1)C(=O)N1c2ccccc2C[C@H]1C. The van der Waals surface area contributed by atoms with Gasteiger partial charge in [0.15, 0.2) is 5.58 Å². The summed E-state index contributed by atoms with van der Waals surface area (Å²) in [4.78, 5) is 19.3. The number of thioether (sulfide) groups is 1. The van der Waals surface area contributed by atoms with Crippen molar-refractivity contribution in [3.63, 3.8) is 0 Å².